The van der Waals surface area contributed by atoms with Gasteiger partial charge in [0, 0.05) is 57.6 Å². The fraction of sp³-hybridized carbons (Fsp3) is 0.524. The first-order valence-electron chi connectivity index (χ1n) is 9.71. The Bertz CT molecular complexity index is 775. The summed E-state index contributed by atoms with van der Waals surface area (Å²) in [7, 11) is 1.88. The first kappa shape index (κ1) is 19.8. The molecule has 2 heterocycles. The summed E-state index contributed by atoms with van der Waals surface area (Å²) in [5.41, 5.74) is 3.90. The zero-order valence-electron chi connectivity index (χ0n) is 17.0. The second kappa shape index (κ2) is 9.33. The van der Waals surface area contributed by atoms with Gasteiger partial charge in [-0.3, -0.25) is 9.89 Å². The summed E-state index contributed by atoms with van der Waals surface area (Å²) >= 11 is 1.80. The highest BCUT2D eigenvalue weighted by Gasteiger charge is 2.19. The largest absolute Gasteiger partial charge is 0.356 e. The average Bonchev–Trinajstić information content (AvgIpc) is 2.97. The van der Waals surface area contributed by atoms with Crippen molar-refractivity contribution in [1.82, 2.24) is 20.1 Å². The van der Waals surface area contributed by atoms with Crippen molar-refractivity contribution in [3.63, 3.8) is 0 Å². The second-order valence-corrected chi connectivity index (χ2v) is 8.51. The molecular weight excluding hydrogens is 354 g/mol. The van der Waals surface area contributed by atoms with Crippen molar-refractivity contribution in [3.05, 3.63) is 51.0 Å². The molecule has 1 saturated heterocycles. The molecule has 0 amide bonds. The zero-order chi connectivity index (χ0) is 19.2. The number of thiazole rings is 1. The highest BCUT2D eigenvalue weighted by molar-refractivity contribution is 7.11. The minimum absolute atomic E-state index is 0.901. The maximum atomic E-state index is 4.51. The molecule has 1 N–H and O–H groups in total. The number of aromatic nitrogens is 1. The number of aliphatic imine (C=N–C) groups is 1. The van der Waals surface area contributed by atoms with E-state index in [-0.39, 0.29) is 0 Å². The van der Waals surface area contributed by atoms with Crippen molar-refractivity contribution in [2.75, 3.05) is 39.8 Å². The predicted molar refractivity (Wildman–Crippen MR) is 115 cm³/mol. The van der Waals surface area contributed by atoms with Gasteiger partial charge in [-0.1, -0.05) is 29.8 Å². The fourth-order valence-electron chi connectivity index (χ4n) is 3.61. The normalized spacial score (nSPS) is 16.0. The van der Waals surface area contributed by atoms with Gasteiger partial charge in [-0.25, -0.2) is 4.98 Å². The Labute approximate surface area is 167 Å². The Morgan fingerprint density at radius 2 is 1.96 bits per heavy atom. The maximum Gasteiger partial charge on any atom is 0.193 e. The third-order valence-electron chi connectivity index (χ3n) is 5.01. The topological polar surface area (TPSA) is 43.8 Å². The van der Waals surface area contributed by atoms with E-state index in [1.54, 1.807) is 11.3 Å². The molecule has 1 aliphatic rings. The maximum absolute atomic E-state index is 4.51. The minimum atomic E-state index is 0.901. The van der Waals surface area contributed by atoms with Crippen LogP contribution in [0.3, 0.4) is 0 Å². The van der Waals surface area contributed by atoms with E-state index in [0.29, 0.717) is 0 Å². The van der Waals surface area contributed by atoms with Crippen LogP contribution in [0.2, 0.25) is 0 Å². The van der Waals surface area contributed by atoms with Crippen LogP contribution < -0.4 is 5.32 Å². The van der Waals surface area contributed by atoms with Crippen LogP contribution in [0.5, 0.6) is 0 Å². The second-order valence-electron chi connectivity index (χ2n) is 7.22. The van der Waals surface area contributed by atoms with Gasteiger partial charge in [-0.15, -0.1) is 11.3 Å². The Balaban J connectivity index is 1.45. The number of hydrogen-bond donors (Lipinski definition) is 1. The smallest absolute Gasteiger partial charge is 0.193 e. The van der Waals surface area contributed by atoms with Gasteiger partial charge in [-0.05, 0) is 26.3 Å². The number of hydrogen-bond acceptors (Lipinski definition) is 4. The van der Waals surface area contributed by atoms with Gasteiger partial charge in [0.1, 0.15) is 0 Å². The Hall–Kier alpha value is -1.92. The molecule has 0 atom stereocenters. The number of nitrogens with one attached hydrogen (secondary N) is 1. The van der Waals surface area contributed by atoms with Gasteiger partial charge in [0.2, 0.25) is 0 Å². The summed E-state index contributed by atoms with van der Waals surface area (Å²) in [6.07, 6.45) is 1.00. The molecule has 2 aromatic rings. The number of benzene rings is 1. The third kappa shape index (κ3) is 5.53. The van der Waals surface area contributed by atoms with Crippen molar-refractivity contribution >= 4 is 17.3 Å². The van der Waals surface area contributed by atoms with Crippen molar-refractivity contribution < 1.29 is 0 Å². The molecule has 0 bridgehead atoms. The number of guanidine groups is 1. The number of piperazine rings is 1. The molecule has 1 aliphatic heterocycles. The standard InChI is InChI=1S/C21H31N5S/c1-16-6-5-7-19(14-16)15-25-10-12-26(13-11-25)21(22-4)23-9-8-20-17(2)24-18(3)27-20/h5-7,14H,8-13,15H2,1-4H3,(H,22,23). The molecule has 3 rings (SSSR count). The van der Waals surface area contributed by atoms with Gasteiger partial charge >= 0.3 is 0 Å². The molecule has 0 radical (unpaired) electrons. The minimum Gasteiger partial charge on any atom is -0.356 e. The summed E-state index contributed by atoms with van der Waals surface area (Å²) in [4.78, 5) is 15.3. The van der Waals surface area contributed by atoms with Crippen LogP contribution in [0.15, 0.2) is 29.3 Å². The predicted octanol–water partition coefficient (Wildman–Crippen LogP) is 3.00. The summed E-state index contributed by atoms with van der Waals surface area (Å²) in [6.45, 7) is 12.4. The lowest BCUT2D eigenvalue weighted by molar-refractivity contribution is 0.172. The molecule has 27 heavy (non-hydrogen) atoms. The first-order chi connectivity index (χ1) is 13.0. The molecule has 0 unspecified atom stereocenters. The first-order valence-corrected chi connectivity index (χ1v) is 10.5. The summed E-state index contributed by atoms with van der Waals surface area (Å²) in [5, 5.41) is 4.68. The van der Waals surface area contributed by atoms with Crippen molar-refractivity contribution in [2.45, 2.75) is 33.7 Å². The van der Waals surface area contributed by atoms with E-state index in [2.05, 4.69) is 70.1 Å². The van der Waals surface area contributed by atoms with E-state index in [0.717, 1.165) is 56.7 Å². The van der Waals surface area contributed by atoms with E-state index in [4.69, 9.17) is 0 Å². The zero-order valence-corrected chi connectivity index (χ0v) is 17.8. The van der Waals surface area contributed by atoms with Gasteiger partial charge in [0.05, 0.1) is 10.7 Å². The molecule has 0 aliphatic carbocycles. The van der Waals surface area contributed by atoms with Crippen LogP contribution in [-0.4, -0.2) is 60.5 Å². The van der Waals surface area contributed by atoms with Gasteiger partial charge in [0.25, 0.3) is 0 Å². The molecular formula is C21H31N5S. The quantitative estimate of drug-likeness (QED) is 0.635. The fourth-order valence-corrected chi connectivity index (χ4v) is 4.55. The number of nitrogens with zero attached hydrogens (tertiary/aromatic N) is 4. The van der Waals surface area contributed by atoms with E-state index in [1.165, 1.54) is 21.7 Å². The average molecular weight is 386 g/mol. The van der Waals surface area contributed by atoms with Crippen LogP contribution in [0.25, 0.3) is 0 Å². The highest BCUT2D eigenvalue weighted by atomic mass is 32.1. The molecule has 146 valence electrons. The van der Waals surface area contributed by atoms with Crippen molar-refractivity contribution in [2.24, 2.45) is 4.99 Å². The molecule has 1 fully saturated rings. The van der Waals surface area contributed by atoms with Gasteiger partial charge in [-0.2, -0.15) is 0 Å². The lowest BCUT2D eigenvalue weighted by atomic mass is 10.1. The van der Waals surface area contributed by atoms with Crippen LogP contribution >= 0.6 is 11.3 Å². The summed E-state index contributed by atoms with van der Waals surface area (Å²) < 4.78 is 0. The van der Waals surface area contributed by atoms with Gasteiger partial charge in [0.15, 0.2) is 5.96 Å². The third-order valence-corrected chi connectivity index (χ3v) is 6.14. The Morgan fingerprint density at radius 1 is 1.19 bits per heavy atom. The summed E-state index contributed by atoms with van der Waals surface area (Å²) in [5.74, 6) is 1.02. The number of rotatable bonds is 5. The van der Waals surface area contributed by atoms with Crippen LogP contribution in [0.1, 0.15) is 26.7 Å². The van der Waals surface area contributed by atoms with Crippen LogP contribution in [0, 0.1) is 20.8 Å². The van der Waals surface area contributed by atoms with E-state index < -0.39 is 0 Å². The molecule has 6 heteroatoms. The molecule has 1 aromatic carbocycles. The van der Waals surface area contributed by atoms with E-state index in [1.807, 2.05) is 7.05 Å². The van der Waals surface area contributed by atoms with Crippen LogP contribution in [0.4, 0.5) is 0 Å². The molecule has 1 aromatic heterocycles. The molecule has 0 saturated carbocycles. The summed E-state index contributed by atoms with van der Waals surface area (Å²) in [6, 6.07) is 8.82. The van der Waals surface area contributed by atoms with E-state index >= 15 is 0 Å². The lowest BCUT2D eigenvalue weighted by Crippen LogP contribution is -2.52. The lowest BCUT2D eigenvalue weighted by Gasteiger charge is -2.36. The highest BCUT2D eigenvalue weighted by Crippen LogP contribution is 2.17. The van der Waals surface area contributed by atoms with Gasteiger partial charge < -0.3 is 10.2 Å². The Morgan fingerprint density at radius 3 is 2.59 bits per heavy atom. The van der Waals surface area contributed by atoms with Crippen molar-refractivity contribution in [1.29, 1.82) is 0 Å². The SMILES string of the molecule is CN=C(NCCc1sc(C)nc1C)N1CCN(Cc2cccc(C)c2)CC1. The van der Waals surface area contributed by atoms with E-state index in [9.17, 15) is 0 Å². The Kier molecular flexibility index (Phi) is 6.85. The number of aryl methyl sites for hydroxylation is 3. The molecule has 0 spiro atoms. The molecule has 5 nitrogen and oxygen atoms in total. The van der Waals surface area contributed by atoms with Crippen molar-refractivity contribution in [3.8, 4) is 0 Å². The monoisotopic (exact) mass is 385 g/mol. The van der Waals surface area contributed by atoms with Crippen LogP contribution in [-0.2, 0) is 13.0 Å².